The Balaban J connectivity index is 1.55. The Morgan fingerprint density at radius 2 is 1.76 bits per heavy atom. The number of benzene rings is 2. The fourth-order valence-corrected chi connectivity index (χ4v) is 3.86. The number of rotatable bonds is 5. The highest BCUT2D eigenvalue weighted by atomic mass is 32.1. The van der Waals surface area contributed by atoms with Crippen LogP contribution in [0.3, 0.4) is 0 Å². The average Bonchev–Trinajstić information content (AvgIpc) is 3.05. The highest BCUT2D eigenvalue weighted by molar-refractivity contribution is 7.15. The molecule has 0 aliphatic rings. The third-order valence-corrected chi connectivity index (χ3v) is 5.74. The number of nitrogens with zero attached hydrogens (tertiary/aromatic N) is 1. The molecule has 3 rings (SSSR count). The Kier molecular flexibility index (Phi) is 6.39. The molecule has 0 spiro atoms. The Morgan fingerprint density at radius 1 is 1.03 bits per heavy atom. The zero-order valence-corrected chi connectivity index (χ0v) is 17.3. The van der Waals surface area contributed by atoms with E-state index in [-0.39, 0.29) is 5.82 Å². The summed E-state index contributed by atoms with van der Waals surface area (Å²) in [5.41, 5.74) is 4.24. The topological polar surface area (TPSA) is 71.1 Å². The molecular formula is C22H22FN3O2S. The van der Waals surface area contributed by atoms with Gasteiger partial charge in [-0.25, -0.2) is 9.37 Å². The predicted molar refractivity (Wildman–Crippen MR) is 114 cm³/mol. The summed E-state index contributed by atoms with van der Waals surface area (Å²) in [6, 6.07) is 11.9. The van der Waals surface area contributed by atoms with Crippen LogP contribution in [-0.4, -0.2) is 23.3 Å². The molecule has 0 fully saturated rings. The van der Waals surface area contributed by atoms with Gasteiger partial charge in [0.1, 0.15) is 10.8 Å². The third kappa shape index (κ3) is 5.26. The molecule has 150 valence electrons. The number of nitrogens with one attached hydrogen (secondary N) is 2. The van der Waals surface area contributed by atoms with Crippen molar-refractivity contribution in [2.45, 2.75) is 27.2 Å². The summed E-state index contributed by atoms with van der Waals surface area (Å²) in [4.78, 5) is 29.8. The molecule has 0 bridgehead atoms. The molecule has 3 aromatic rings. The average molecular weight is 412 g/mol. The normalized spacial score (nSPS) is 10.6. The van der Waals surface area contributed by atoms with Crippen molar-refractivity contribution in [1.29, 1.82) is 0 Å². The van der Waals surface area contributed by atoms with Crippen LogP contribution in [0, 0.1) is 26.6 Å². The standard InChI is InChI=1S/C22H22FN3O2S/c1-13-4-5-14(2)18(12-13)26-21(28)20(27)24-11-10-19-15(3)25-22(29-19)16-6-8-17(23)9-7-16/h4-9,12H,10-11H2,1-3H3,(H,24,27)(H,26,28). The number of carbonyl (C=O) groups excluding carboxylic acids is 2. The van der Waals surface area contributed by atoms with Gasteiger partial charge in [-0.3, -0.25) is 9.59 Å². The third-order valence-electron chi connectivity index (χ3n) is 4.47. The maximum Gasteiger partial charge on any atom is 0.313 e. The van der Waals surface area contributed by atoms with E-state index in [1.165, 1.54) is 23.5 Å². The Labute approximate surface area is 173 Å². The Morgan fingerprint density at radius 3 is 2.48 bits per heavy atom. The first kappa shape index (κ1) is 20.7. The van der Waals surface area contributed by atoms with Crippen LogP contribution in [0.4, 0.5) is 10.1 Å². The number of anilines is 1. The molecule has 0 aliphatic heterocycles. The summed E-state index contributed by atoms with van der Waals surface area (Å²) in [6.07, 6.45) is 0.563. The van der Waals surface area contributed by atoms with E-state index < -0.39 is 11.8 Å². The van der Waals surface area contributed by atoms with Crippen molar-refractivity contribution >= 4 is 28.8 Å². The molecule has 0 saturated carbocycles. The van der Waals surface area contributed by atoms with Gasteiger partial charge >= 0.3 is 11.8 Å². The number of halogens is 1. The summed E-state index contributed by atoms with van der Waals surface area (Å²) in [6.45, 7) is 6.02. The second-order valence-electron chi connectivity index (χ2n) is 6.81. The summed E-state index contributed by atoms with van der Waals surface area (Å²) >= 11 is 1.50. The van der Waals surface area contributed by atoms with Crippen molar-refractivity contribution in [1.82, 2.24) is 10.3 Å². The molecule has 7 heteroatoms. The van der Waals surface area contributed by atoms with Crippen molar-refractivity contribution < 1.29 is 14.0 Å². The minimum atomic E-state index is -0.688. The van der Waals surface area contributed by atoms with E-state index in [9.17, 15) is 14.0 Å². The second-order valence-corrected chi connectivity index (χ2v) is 7.90. The summed E-state index contributed by atoms with van der Waals surface area (Å²) < 4.78 is 13.1. The SMILES string of the molecule is Cc1ccc(C)c(NC(=O)C(=O)NCCc2sc(-c3ccc(F)cc3)nc2C)c1. The van der Waals surface area contributed by atoms with Crippen LogP contribution in [0.1, 0.15) is 21.7 Å². The highest BCUT2D eigenvalue weighted by Crippen LogP contribution is 2.28. The van der Waals surface area contributed by atoms with Crippen LogP contribution in [0.25, 0.3) is 10.6 Å². The monoisotopic (exact) mass is 411 g/mol. The fourth-order valence-electron chi connectivity index (χ4n) is 2.80. The Hall–Kier alpha value is -3.06. The molecule has 2 amide bonds. The first-order valence-corrected chi connectivity index (χ1v) is 10.0. The Bertz CT molecular complexity index is 1040. The van der Waals surface area contributed by atoms with Gasteiger partial charge in [-0.15, -0.1) is 11.3 Å². The first-order chi connectivity index (χ1) is 13.8. The lowest BCUT2D eigenvalue weighted by Gasteiger charge is -2.09. The van der Waals surface area contributed by atoms with Gasteiger partial charge in [0.15, 0.2) is 0 Å². The molecule has 0 aliphatic carbocycles. The lowest BCUT2D eigenvalue weighted by molar-refractivity contribution is -0.136. The van der Waals surface area contributed by atoms with E-state index in [1.807, 2.05) is 39.0 Å². The smallest absolute Gasteiger partial charge is 0.313 e. The minimum absolute atomic E-state index is 0.288. The number of thiazole rings is 1. The number of hydrogen-bond donors (Lipinski definition) is 2. The number of hydrogen-bond acceptors (Lipinski definition) is 4. The maximum absolute atomic E-state index is 13.1. The summed E-state index contributed by atoms with van der Waals surface area (Å²) in [5, 5.41) is 6.10. The van der Waals surface area contributed by atoms with Gasteiger partial charge in [-0.05, 0) is 62.2 Å². The van der Waals surface area contributed by atoms with Crippen LogP contribution in [0.5, 0.6) is 0 Å². The second kappa shape index (κ2) is 8.96. The zero-order valence-electron chi connectivity index (χ0n) is 16.5. The van der Waals surface area contributed by atoms with E-state index >= 15 is 0 Å². The minimum Gasteiger partial charge on any atom is -0.347 e. The van der Waals surface area contributed by atoms with Crippen LogP contribution in [0.15, 0.2) is 42.5 Å². The van der Waals surface area contributed by atoms with Crippen LogP contribution < -0.4 is 10.6 Å². The number of carbonyl (C=O) groups is 2. The molecule has 2 N–H and O–H groups in total. The van der Waals surface area contributed by atoms with Crippen LogP contribution in [0.2, 0.25) is 0 Å². The van der Waals surface area contributed by atoms with Gasteiger partial charge < -0.3 is 10.6 Å². The molecule has 1 heterocycles. The van der Waals surface area contributed by atoms with Crippen LogP contribution in [-0.2, 0) is 16.0 Å². The first-order valence-electron chi connectivity index (χ1n) is 9.22. The van der Waals surface area contributed by atoms with Crippen molar-refractivity contribution in [3.05, 3.63) is 70.0 Å². The molecule has 29 heavy (non-hydrogen) atoms. The van der Waals surface area contributed by atoms with Crippen molar-refractivity contribution in [3.8, 4) is 10.6 Å². The molecule has 0 radical (unpaired) electrons. The number of amides is 2. The molecule has 2 aromatic carbocycles. The fraction of sp³-hybridized carbons (Fsp3) is 0.227. The number of aryl methyl sites for hydroxylation is 3. The molecule has 0 unspecified atom stereocenters. The summed E-state index contributed by atoms with van der Waals surface area (Å²) in [7, 11) is 0. The zero-order chi connectivity index (χ0) is 21.0. The van der Waals surface area contributed by atoms with Crippen LogP contribution >= 0.6 is 11.3 Å². The molecule has 0 atom stereocenters. The van der Waals surface area contributed by atoms with Gasteiger partial charge in [0, 0.05) is 29.1 Å². The van der Waals surface area contributed by atoms with E-state index in [0.717, 1.165) is 32.3 Å². The molecule has 0 saturated heterocycles. The molecule has 5 nitrogen and oxygen atoms in total. The van der Waals surface area contributed by atoms with Gasteiger partial charge in [0.25, 0.3) is 0 Å². The maximum atomic E-state index is 13.1. The molecule has 1 aromatic heterocycles. The van der Waals surface area contributed by atoms with E-state index in [0.29, 0.717) is 18.7 Å². The molecular weight excluding hydrogens is 389 g/mol. The largest absolute Gasteiger partial charge is 0.347 e. The quantitative estimate of drug-likeness (QED) is 0.619. The van der Waals surface area contributed by atoms with Gasteiger partial charge in [-0.2, -0.15) is 0 Å². The van der Waals surface area contributed by atoms with Crippen molar-refractivity contribution in [2.75, 3.05) is 11.9 Å². The summed E-state index contributed by atoms with van der Waals surface area (Å²) in [5.74, 6) is -1.65. The van der Waals surface area contributed by atoms with Crippen molar-refractivity contribution in [3.63, 3.8) is 0 Å². The van der Waals surface area contributed by atoms with Gasteiger partial charge in [-0.1, -0.05) is 12.1 Å². The predicted octanol–water partition coefficient (Wildman–Crippen LogP) is 4.17. The number of aromatic nitrogens is 1. The van der Waals surface area contributed by atoms with Gasteiger partial charge in [0.2, 0.25) is 0 Å². The lowest BCUT2D eigenvalue weighted by atomic mass is 10.1. The highest BCUT2D eigenvalue weighted by Gasteiger charge is 2.15. The van der Waals surface area contributed by atoms with E-state index in [4.69, 9.17) is 0 Å². The van der Waals surface area contributed by atoms with E-state index in [2.05, 4.69) is 15.6 Å². The van der Waals surface area contributed by atoms with E-state index in [1.54, 1.807) is 12.1 Å². The lowest BCUT2D eigenvalue weighted by Crippen LogP contribution is -2.36. The van der Waals surface area contributed by atoms with Crippen molar-refractivity contribution in [2.24, 2.45) is 0 Å². The van der Waals surface area contributed by atoms with Gasteiger partial charge in [0.05, 0.1) is 5.69 Å².